The number of halogens is 1. The number of ether oxygens (including phenoxy) is 1. The number of carbonyl (C=O) groups excluding carboxylic acids is 1. The minimum absolute atomic E-state index is 0.0571. The van der Waals surface area contributed by atoms with Crippen LogP contribution in [-0.2, 0) is 9.53 Å². The Morgan fingerprint density at radius 2 is 2.14 bits per heavy atom. The van der Waals surface area contributed by atoms with Crippen molar-refractivity contribution in [2.24, 2.45) is 5.92 Å². The number of esters is 1. The van der Waals surface area contributed by atoms with E-state index in [1.54, 1.807) is 0 Å². The van der Waals surface area contributed by atoms with Crippen molar-refractivity contribution in [3.63, 3.8) is 0 Å². The van der Waals surface area contributed by atoms with Gasteiger partial charge in [-0.1, -0.05) is 0 Å². The third-order valence-electron chi connectivity index (χ3n) is 2.73. The average Bonchev–Trinajstić information content (AvgIpc) is 2.26. The highest BCUT2D eigenvalue weighted by atomic mass is 19.1. The van der Waals surface area contributed by atoms with Gasteiger partial charge in [-0.2, -0.15) is 0 Å². The Kier molecular flexibility index (Phi) is 4.87. The summed E-state index contributed by atoms with van der Waals surface area (Å²) in [6.45, 7) is 2.33. The van der Waals surface area contributed by atoms with E-state index in [1.165, 1.54) is 7.11 Å². The van der Waals surface area contributed by atoms with Gasteiger partial charge in [-0.25, -0.2) is 0 Å². The number of nitrogens with zero attached hydrogens (tertiary/aromatic N) is 1. The van der Waals surface area contributed by atoms with Crippen LogP contribution in [0.1, 0.15) is 19.3 Å². The summed E-state index contributed by atoms with van der Waals surface area (Å²) in [6, 6.07) is 0. The van der Waals surface area contributed by atoms with Crippen LogP contribution in [0.25, 0.3) is 0 Å². The molecule has 1 saturated heterocycles. The van der Waals surface area contributed by atoms with Crippen molar-refractivity contribution in [2.45, 2.75) is 19.3 Å². The molecule has 0 unspecified atom stereocenters. The molecule has 0 atom stereocenters. The lowest BCUT2D eigenvalue weighted by atomic mass is 9.97. The lowest BCUT2D eigenvalue weighted by Crippen LogP contribution is -2.37. The van der Waals surface area contributed by atoms with Crippen molar-refractivity contribution in [1.29, 1.82) is 0 Å². The van der Waals surface area contributed by atoms with Gasteiger partial charge in [-0.3, -0.25) is 9.18 Å². The van der Waals surface area contributed by atoms with E-state index in [9.17, 15) is 9.18 Å². The lowest BCUT2D eigenvalue weighted by molar-refractivity contribution is -0.147. The number of likely N-dealkylation sites (tertiary alicyclic amines) is 1. The van der Waals surface area contributed by atoms with Gasteiger partial charge in [0.15, 0.2) is 0 Å². The van der Waals surface area contributed by atoms with Crippen molar-refractivity contribution in [1.82, 2.24) is 4.90 Å². The van der Waals surface area contributed by atoms with E-state index in [4.69, 9.17) is 0 Å². The lowest BCUT2D eigenvalue weighted by Gasteiger charge is -2.30. The van der Waals surface area contributed by atoms with Crippen LogP contribution in [0.15, 0.2) is 0 Å². The number of hydrogen-bond donors (Lipinski definition) is 0. The second-order valence-electron chi connectivity index (χ2n) is 3.68. The molecule has 1 heterocycles. The average molecular weight is 203 g/mol. The molecule has 0 aromatic carbocycles. The van der Waals surface area contributed by atoms with E-state index in [2.05, 4.69) is 9.64 Å². The molecule has 0 N–H and O–H groups in total. The highest BCUT2D eigenvalue weighted by Crippen LogP contribution is 2.18. The number of piperidine rings is 1. The first-order valence-electron chi connectivity index (χ1n) is 5.14. The summed E-state index contributed by atoms with van der Waals surface area (Å²) in [5.74, 6) is -0.0447. The van der Waals surface area contributed by atoms with E-state index in [0.717, 1.165) is 32.5 Å². The molecule has 4 heteroatoms. The van der Waals surface area contributed by atoms with Crippen molar-refractivity contribution < 1.29 is 13.9 Å². The van der Waals surface area contributed by atoms with E-state index in [-0.39, 0.29) is 18.6 Å². The van der Waals surface area contributed by atoms with E-state index in [1.807, 2.05) is 0 Å². The largest absolute Gasteiger partial charge is 0.469 e. The highest BCUT2D eigenvalue weighted by molar-refractivity contribution is 5.72. The van der Waals surface area contributed by atoms with E-state index >= 15 is 0 Å². The summed E-state index contributed by atoms with van der Waals surface area (Å²) < 4.78 is 16.6. The van der Waals surface area contributed by atoms with Gasteiger partial charge in [0, 0.05) is 6.54 Å². The van der Waals surface area contributed by atoms with Crippen LogP contribution in [0.4, 0.5) is 4.39 Å². The summed E-state index contributed by atoms with van der Waals surface area (Å²) in [7, 11) is 1.43. The molecule has 0 aliphatic carbocycles. The molecular weight excluding hydrogens is 185 g/mol. The highest BCUT2D eigenvalue weighted by Gasteiger charge is 2.24. The van der Waals surface area contributed by atoms with Gasteiger partial charge in [0.2, 0.25) is 0 Å². The molecule has 14 heavy (non-hydrogen) atoms. The second kappa shape index (κ2) is 5.96. The fourth-order valence-corrected chi connectivity index (χ4v) is 1.84. The minimum atomic E-state index is -0.253. The molecule has 0 amide bonds. The second-order valence-corrected chi connectivity index (χ2v) is 3.68. The Balaban J connectivity index is 2.20. The quantitative estimate of drug-likeness (QED) is 0.644. The number of alkyl halides is 1. The Labute approximate surface area is 84.2 Å². The van der Waals surface area contributed by atoms with Gasteiger partial charge in [0.1, 0.15) is 0 Å². The predicted molar refractivity (Wildman–Crippen MR) is 51.8 cm³/mol. The normalized spacial score (nSPS) is 19.6. The van der Waals surface area contributed by atoms with Crippen LogP contribution < -0.4 is 0 Å². The van der Waals surface area contributed by atoms with Crippen LogP contribution in [0.5, 0.6) is 0 Å². The van der Waals surface area contributed by atoms with Crippen molar-refractivity contribution >= 4 is 5.97 Å². The first-order chi connectivity index (χ1) is 6.77. The summed E-state index contributed by atoms with van der Waals surface area (Å²) in [4.78, 5) is 13.4. The standard InChI is InChI=1S/C10H18FNO2/c1-14-10(13)9-3-7-12(8-4-9)6-2-5-11/h9H,2-8H2,1H3. The maximum Gasteiger partial charge on any atom is 0.308 e. The Morgan fingerprint density at radius 1 is 1.50 bits per heavy atom. The van der Waals surface area contributed by atoms with Gasteiger partial charge in [0.05, 0.1) is 19.7 Å². The van der Waals surface area contributed by atoms with Crippen molar-refractivity contribution in [3.8, 4) is 0 Å². The Hall–Kier alpha value is -0.640. The van der Waals surface area contributed by atoms with E-state index in [0.29, 0.717) is 6.42 Å². The van der Waals surface area contributed by atoms with Crippen LogP contribution in [0.3, 0.4) is 0 Å². The molecule has 0 saturated carbocycles. The summed E-state index contributed by atoms with van der Waals surface area (Å²) in [5, 5.41) is 0. The van der Waals surface area contributed by atoms with Gasteiger partial charge in [-0.15, -0.1) is 0 Å². The topological polar surface area (TPSA) is 29.5 Å². The van der Waals surface area contributed by atoms with Gasteiger partial charge >= 0.3 is 5.97 Å². The number of carbonyl (C=O) groups is 1. The molecule has 0 spiro atoms. The molecule has 0 radical (unpaired) electrons. The zero-order valence-electron chi connectivity index (χ0n) is 8.67. The van der Waals surface area contributed by atoms with Gasteiger partial charge in [0.25, 0.3) is 0 Å². The zero-order chi connectivity index (χ0) is 10.4. The first kappa shape index (κ1) is 11.4. The molecule has 0 aromatic heterocycles. The maximum atomic E-state index is 11.9. The zero-order valence-corrected chi connectivity index (χ0v) is 8.67. The van der Waals surface area contributed by atoms with Crippen LogP contribution in [0, 0.1) is 5.92 Å². The minimum Gasteiger partial charge on any atom is -0.469 e. The monoisotopic (exact) mass is 203 g/mol. The number of methoxy groups -OCH3 is 1. The van der Waals surface area contributed by atoms with Crippen LogP contribution in [-0.4, -0.2) is 44.3 Å². The Bertz CT molecular complexity index is 179. The third-order valence-corrected chi connectivity index (χ3v) is 2.73. The fourth-order valence-electron chi connectivity index (χ4n) is 1.84. The molecule has 82 valence electrons. The SMILES string of the molecule is COC(=O)C1CCN(CCCF)CC1. The molecule has 1 fully saturated rings. The molecule has 0 aromatic rings. The predicted octanol–water partition coefficient (Wildman–Crippen LogP) is 1.23. The smallest absolute Gasteiger partial charge is 0.308 e. The number of hydrogen-bond acceptors (Lipinski definition) is 3. The summed E-state index contributed by atoms with van der Waals surface area (Å²) in [6.07, 6.45) is 2.29. The maximum absolute atomic E-state index is 11.9. The van der Waals surface area contributed by atoms with Gasteiger partial charge in [-0.05, 0) is 32.4 Å². The summed E-state index contributed by atoms with van der Waals surface area (Å²) >= 11 is 0. The van der Waals surface area contributed by atoms with Crippen molar-refractivity contribution in [2.75, 3.05) is 33.4 Å². The third kappa shape index (κ3) is 3.25. The molecule has 1 rings (SSSR count). The summed E-state index contributed by atoms with van der Waals surface area (Å²) in [5.41, 5.74) is 0. The van der Waals surface area contributed by atoms with Crippen LogP contribution >= 0.6 is 0 Å². The molecular formula is C10H18FNO2. The molecule has 1 aliphatic heterocycles. The molecule has 1 aliphatic rings. The van der Waals surface area contributed by atoms with E-state index < -0.39 is 0 Å². The Morgan fingerprint density at radius 3 is 2.64 bits per heavy atom. The fraction of sp³-hybridized carbons (Fsp3) is 0.900. The number of rotatable bonds is 4. The molecule has 0 bridgehead atoms. The van der Waals surface area contributed by atoms with Gasteiger partial charge < -0.3 is 9.64 Å². The van der Waals surface area contributed by atoms with Crippen molar-refractivity contribution in [3.05, 3.63) is 0 Å². The molecule has 3 nitrogen and oxygen atoms in total. The first-order valence-corrected chi connectivity index (χ1v) is 5.14. The van der Waals surface area contributed by atoms with Crippen LogP contribution in [0.2, 0.25) is 0 Å².